The van der Waals surface area contributed by atoms with Gasteiger partial charge in [-0.3, -0.25) is 14.5 Å². The second-order valence-corrected chi connectivity index (χ2v) is 14.7. The van der Waals surface area contributed by atoms with E-state index >= 15 is 0 Å². The van der Waals surface area contributed by atoms with Gasteiger partial charge in [0.05, 0.1) is 0 Å². The first-order valence-electron chi connectivity index (χ1n) is 21.4. The molecule has 0 radical (unpaired) electrons. The minimum atomic E-state index is -0.414. The van der Waals surface area contributed by atoms with Crippen molar-refractivity contribution in [3.8, 4) is 0 Å². The highest BCUT2D eigenvalue weighted by molar-refractivity contribution is 5.70. The van der Waals surface area contributed by atoms with Gasteiger partial charge in [0.15, 0.2) is 12.2 Å². The van der Waals surface area contributed by atoms with Crippen molar-refractivity contribution in [3.63, 3.8) is 0 Å². The Bertz CT molecular complexity index is 1060. The predicted octanol–water partition coefficient (Wildman–Crippen LogP) is 13.0. The zero-order valence-electron chi connectivity index (χ0n) is 33.3. The summed E-state index contributed by atoms with van der Waals surface area (Å²) in [5, 5.41) is 0. The van der Waals surface area contributed by atoms with Crippen molar-refractivity contribution >= 4 is 11.9 Å². The van der Waals surface area contributed by atoms with Crippen molar-refractivity contribution < 1.29 is 19.1 Å². The predicted molar refractivity (Wildman–Crippen MR) is 220 cm³/mol. The molecule has 52 heavy (non-hydrogen) atoms. The van der Waals surface area contributed by atoms with Crippen LogP contribution in [0.3, 0.4) is 0 Å². The quantitative estimate of drug-likeness (QED) is 0.0422. The Morgan fingerprint density at radius 2 is 0.923 bits per heavy atom. The number of rotatable bonds is 32. The lowest BCUT2D eigenvalue weighted by atomic mass is 10.1. The average molecular weight is 718 g/mol. The molecule has 1 aromatic rings. The van der Waals surface area contributed by atoms with E-state index in [1.54, 1.807) is 0 Å². The van der Waals surface area contributed by atoms with Gasteiger partial charge in [-0.2, -0.15) is 0 Å². The number of esters is 2. The fraction of sp³-hybridized carbons (Fsp3) is 0.660. The maximum absolute atomic E-state index is 12.9. The summed E-state index contributed by atoms with van der Waals surface area (Å²) in [6, 6.07) is 10.3. The third-order valence-corrected chi connectivity index (χ3v) is 9.77. The Morgan fingerprint density at radius 1 is 0.538 bits per heavy atom. The molecule has 292 valence electrons. The number of hydrogen-bond donors (Lipinski definition) is 0. The van der Waals surface area contributed by atoms with Crippen molar-refractivity contribution in [2.24, 2.45) is 0 Å². The second-order valence-electron chi connectivity index (χ2n) is 14.7. The number of nitrogens with zero attached hydrogens (tertiary/aromatic N) is 1. The summed E-state index contributed by atoms with van der Waals surface area (Å²) in [4.78, 5) is 27.9. The van der Waals surface area contributed by atoms with Crippen LogP contribution in [0.4, 0.5) is 0 Å². The Morgan fingerprint density at radius 3 is 1.35 bits per heavy atom. The van der Waals surface area contributed by atoms with Gasteiger partial charge in [0.1, 0.15) is 0 Å². The highest BCUT2D eigenvalue weighted by Gasteiger charge is 2.38. The summed E-state index contributed by atoms with van der Waals surface area (Å²) >= 11 is 0. The lowest BCUT2D eigenvalue weighted by molar-refractivity contribution is -0.164. The molecule has 0 aromatic heterocycles. The summed E-state index contributed by atoms with van der Waals surface area (Å²) in [6.07, 6.45) is 43.7. The van der Waals surface area contributed by atoms with E-state index in [1.165, 1.54) is 82.6 Å². The van der Waals surface area contributed by atoms with Gasteiger partial charge in [0.2, 0.25) is 0 Å². The number of allylic oxidation sites excluding steroid dienone is 8. The van der Waals surface area contributed by atoms with E-state index in [-0.39, 0.29) is 11.9 Å². The average Bonchev–Trinajstić information content (AvgIpc) is 3.51. The maximum atomic E-state index is 12.9. The van der Waals surface area contributed by atoms with Crippen molar-refractivity contribution in [1.82, 2.24) is 4.90 Å². The maximum Gasteiger partial charge on any atom is 0.306 e. The Balaban J connectivity index is 1.61. The van der Waals surface area contributed by atoms with Crippen molar-refractivity contribution in [2.75, 3.05) is 13.1 Å². The van der Waals surface area contributed by atoms with Crippen molar-refractivity contribution in [2.45, 2.75) is 187 Å². The molecule has 2 atom stereocenters. The van der Waals surface area contributed by atoms with E-state index in [4.69, 9.17) is 9.47 Å². The number of carbonyl (C=O) groups excluding carboxylic acids is 2. The van der Waals surface area contributed by atoms with Gasteiger partial charge >= 0.3 is 11.9 Å². The Kier molecular flexibility index (Phi) is 28.5. The molecule has 1 fully saturated rings. The van der Waals surface area contributed by atoms with Crippen molar-refractivity contribution in [3.05, 3.63) is 84.5 Å². The van der Waals surface area contributed by atoms with E-state index < -0.39 is 12.2 Å². The molecule has 0 saturated carbocycles. The molecule has 1 saturated heterocycles. The van der Waals surface area contributed by atoms with E-state index in [2.05, 4.69) is 79.5 Å². The Labute approximate surface area is 319 Å². The molecule has 0 aliphatic carbocycles. The highest BCUT2D eigenvalue weighted by Crippen LogP contribution is 2.22. The van der Waals surface area contributed by atoms with Crippen LogP contribution in [0.5, 0.6) is 0 Å². The first kappa shape index (κ1) is 45.2. The molecule has 0 bridgehead atoms. The van der Waals surface area contributed by atoms with Crippen LogP contribution >= 0.6 is 0 Å². The minimum absolute atomic E-state index is 0.174. The lowest BCUT2D eigenvalue weighted by Crippen LogP contribution is -2.33. The standard InChI is InChI=1S/C47H75NO4/c1-3-5-7-9-11-13-15-17-19-21-23-25-27-29-34-38-46(49)51-44-41-48(40-43-36-32-31-33-37-43)42-45(44)52-47(50)39-35-30-28-26-24-22-20-18-16-14-12-10-8-6-4-2/h11-14,17-20,31-33,36-37,44-45H,3-10,15-16,21-30,34-35,38-42H2,1-2H3/t44-,45-/m1/s1. The molecule has 1 aliphatic heterocycles. The molecule has 1 aliphatic rings. The van der Waals surface area contributed by atoms with Crippen LogP contribution in [0.2, 0.25) is 0 Å². The zero-order valence-corrected chi connectivity index (χ0v) is 33.3. The summed E-state index contributed by atoms with van der Waals surface area (Å²) in [5.74, 6) is -0.348. The molecular formula is C47H75NO4. The number of unbranched alkanes of at least 4 members (excludes halogenated alkanes) is 16. The first-order valence-corrected chi connectivity index (χ1v) is 21.4. The molecule has 0 N–H and O–H groups in total. The zero-order chi connectivity index (χ0) is 37.2. The monoisotopic (exact) mass is 718 g/mol. The molecule has 1 heterocycles. The summed E-state index contributed by atoms with van der Waals surface area (Å²) in [5.41, 5.74) is 1.20. The van der Waals surface area contributed by atoms with Crippen LogP contribution in [0.25, 0.3) is 0 Å². The third kappa shape index (κ3) is 25.1. The molecule has 0 amide bonds. The minimum Gasteiger partial charge on any atom is -0.457 e. The third-order valence-electron chi connectivity index (χ3n) is 9.77. The van der Waals surface area contributed by atoms with E-state index in [0.29, 0.717) is 25.9 Å². The van der Waals surface area contributed by atoms with Gasteiger partial charge in [-0.15, -0.1) is 0 Å². The van der Waals surface area contributed by atoms with Crippen molar-refractivity contribution in [1.29, 1.82) is 0 Å². The van der Waals surface area contributed by atoms with Crippen LogP contribution in [-0.2, 0) is 25.6 Å². The number of carbonyl (C=O) groups is 2. The summed E-state index contributed by atoms with van der Waals surface area (Å²) in [7, 11) is 0. The normalized spacial score (nSPS) is 16.7. The lowest BCUT2D eigenvalue weighted by Gasteiger charge is -2.19. The fourth-order valence-electron chi connectivity index (χ4n) is 6.63. The largest absolute Gasteiger partial charge is 0.457 e. The van der Waals surface area contributed by atoms with Gasteiger partial charge in [-0.1, -0.05) is 157 Å². The molecule has 5 nitrogen and oxygen atoms in total. The molecular weight excluding hydrogens is 643 g/mol. The SMILES string of the molecule is CCCCCC=CCC=CCCCCCCCC(=O)O[C@@H]1CN(Cc2ccccc2)C[C@H]1OC(=O)CCCCCCCC=CCC=CCCCCC. The molecule has 2 rings (SSSR count). The second kappa shape index (κ2) is 32.7. The first-order chi connectivity index (χ1) is 25.6. The Hall–Kier alpha value is -2.92. The summed E-state index contributed by atoms with van der Waals surface area (Å²) < 4.78 is 11.9. The smallest absolute Gasteiger partial charge is 0.306 e. The van der Waals surface area contributed by atoms with Crippen LogP contribution in [0.15, 0.2) is 78.9 Å². The van der Waals surface area contributed by atoms with Crippen LogP contribution in [0.1, 0.15) is 174 Å². The summed E-state index contributed by atoms with van der Waals surface area (Å²) in [6.45, 7) is 6.41. The fourth-order valence-corrected chi connectivity index (χ4v) is 6.63. The van der Waals surface area contributed by atoms with E-state index in [9.17, 15) is 9.59 Å². The number of benzene rings is 1. The molecule has 1 aromatic carbocycles. The van der Waals surface area contributed by atoms with Gasteiger partial charge < -0.3 is 9.47 Å². The molecule has 0 unspecified atom stereocenters. The molecule has 0 spiro atoms. The van der Waals surface area contributed by atoms with Crippen LogP contribution in [0, 0.1) is 0 Å². The van der Waals surface area contributed by atoms with Crippen LogP contribution in [-0.4, -0.2) is 42.1 Å². The number of ether oxygens (including phenoxy) is 2. The van der Waals surface area contributed by atoms with Gasteiger partial charge in [0, 0.05) is 32.5 Å². The van der Waals surface area contributed by atoms with E-state index in [0.717, 1.165) is 70.8 Å². The number of likely N-dealkylation sites (tertiary alicyclic amines) is 1. The van der Waals surface area contributed by atoms with Gasteiger partial charge in [-0.25, -0.2) is 0 Å². The van der Waals surface area contributed by atoms with Crippen LogP contribution < -0.4 is 0 Å². The van der Waals surface area contributed by atoms with E-state index in [1.807, 2.05) is 18.2 Å². The topological polar surface area (TPSA) is 55.8 Å². The highest BCUT2D eigenvalue weighted by atomic mass is 16.6. The number of hydrogen-bond acceptors (Lipinski definition) is 5. The van der Waals surface area contributed by atoms with Gasteiger partial charge in [0.25, 0.3) is 0 Å². The van der Waals surface area contributed by atoms with Gasteiger partial charge in [-0.05, 0) is 82.6 Å². The molecule has 5 heteroatoms.